The number of rotatable bonds is 2. The number of anilines is 1. The standard InChI is InChI=1S/C15H20N2O4/c1-15(21)7-9-17(10-8-15)14(20)16(2)12-6-4-3-5-11(12)13(18)19/h3-6,21H,7-10H2,1-2H3,(H,18,19). The third kappa shape index (κ3) is 3.33. The van der Waals surface area contributed by atoms with E-state index in [1.165, 1.54) is 11.0 Å². The Hall–Kier alpha value is -2.08. The van der Waals surface area contributed by atoms with Crippen molar-refractivity contribution >= 4 is 17.7 Å². The van der Waals surface area contributed by atoms with Gasteiger partial charge in [-0.3, -0.25) is 4.90 Å². The SMILES string of the molecule is CN(C(=O)N1CCC(C)(O)CC1)c1ccccc1C(=O)O. The molecule has 1 fully saturated rings. The lowest BCUT2D eigenvalue weighted by atomic mass is 9.94. The number of carbonyl (C=O) groups excluding carboxylic acids is 1. The molecule has 0 aliphatic carbocycles. The molecule has 0 saturated carbocycles. The number of para-hydroxylation sites is 1. The maximum atomic E-state index is 12.5. The smallest absolute Gasteiger partial charge is 0.337 e. The van der Waals surface area contributed by atoms with E-state index in [9.17, 15) is 19.8 Å². The zero-order valence-corrected chi connectivity index (χ0v) is 12.2. The highest BCUT2D eigenvalue weighted by atomic mass is 16.4. The zero-order chi connectivity index (χ0) is 15.6. The van der Waals surface area contributed by atoms with Crippen molar-refractivity contribution in [1.29, 1.82) is 0 Å². The van der Waals surface area contributed by atoms with Gasteiger partial charge in [-0.05, 0) is 31.9 Å². The van der Waals surface area contributed by atoms with Crippen molar-refractivity contribution in [3.05, 3.63) is 29.8 Å². The van der Waals surface area contributed by atoms with Crippen molar-refractivity contribution in [3.63, 3.8) is 0 Å². The summed E-state index contributed by atoms with van der Waals surface area (Å²) < 4.78 is 0. The molecule has 2 N–H and O–H groups in total. The van der Waals surface area contributed by atoms with Crippen LogP contribution in [0.25, 0.3) is 0 Å². The Balaban J connectivity index is 2.15. The van der Waals surface area contributed by atoms with Crippen LogP contribution in [0.5, 0.6) is 0 Å². The van der Waals surface area contributed by atoms with Crippen molar-refractivity contribution in [3.8, 4) is 0 Å². The van der Waals surface area contributed by atoms with E-state index in [0.29, 0.717) is 31.6 Å². The van der Waals surface area contributed by atoms with Crippen LogP contribution in [0.1, 0.15) is 30.1 Å². The van der Waals surface area contributed by atoms with Crippen LogP contribution in [0.15, 0.2) is 24.3 Å². The van der Waals surface area contributed by atoms with Gasteiger partial charge in [0.15, 0.2) is 0 Å². The van der Waals surface area contributed by atoms with Crippen molar-refractivity contribution in [1.82, 2.24) is 4.90 Å². The molecule has 6 nitrogen and oxygen atoms in total. The first kappa shape index (κ1) is 15.3. The Kier molecular flexibility index (Phi) is 4.18. The Labute approximate surface area is 123 Å². The van der Waals surface area contributed by atoms with Crippen LogP contribution in [0.4, 0.5) is 10.5 Å². The summed E-state index contributed by atoms with van der Waals surface area (Å²) in [4.78, 5) is 26.7. The van der Waals surface area contributed by atoms with Gasteiger partial charge in [-0.2, -0.15) is 0 Å². The van der Waals surface area contributed by atoms with E-state index in [0.717, 1.165) is 0 Å². The highest BCUT2D eigenvalue weighted by molar-refractivity contribution is 6.01. The molecule has 1 heterocycles. The van der Waals surface area contributed by atoms with Gasteiger partial charge in [0.1, 0.15) is 0 Å². The number of aliphatic hydroxyl groups is 1. The second-order valence-corrected chi connectivity index (χ2v) is 5.65. The summed E-state index contributed by atoms with van der Waals surface area (Å²) in [6.07, 6.45) is 1.04. The van der Waals surface area contributed by atoms with E-state index < -0.39 is 11.6 Å². The fraction of sp³-hybridized carbons (Fsp3) is 0.467. The molecule has 0 aromatic heterocycles. The number of amides is 2. The first-order chi connectivity index (χ1) is 9.82. The number of carboxylic acid groups (broad SMARTS) is 1. The average molecular weight is 292 g/mol. The van der Waals surface area contributed by atoms with Crippen LogP contribution in [0, 0.1) is 0 Å². The molecule has 0 spiro atoms. The van der Waals surface area contributed by atoms with Gasteiger partial charge in [0.25, 0.3) is 0 Å². The number of benzene rings is 1. The predicted molar refractivity (Wildman–Crippen MR) is 78.6 cm³/mol. The highest BCUT2D eigenvalue weighted by Gasteiger charge is 2.31. The summed E-state index contributed by atoms with van der Waals surface area (Å²) >= 11 is 0. The molecule has 1 aliphatic rings. The van der Waals surface area contributed by atoms with Gasteiger partial charge in [-0.25, -0.2) is 9.59 Å². The van der Waals surface area contributed by atoms with Crippen LogP contribution in [-0.2, 0) is 0 Å². The number of carbonyl (C=O) groups is 2. The fourth-order valence-electron chi connectivity index (χ4n) is 2.44. The van der Waals surface area contributed by atoms with Crippen LogP contribution >= 0.6 is 0 Å². The summed E-state index contributed by atoms with van der Waals surface area (Å²) in [6, 6.07) is 6.17. The Morgan fingerprint density at radius 2 is 1.81 bits per heavy atom. The molecule has 0 bridgehead atoms. The minimum Gasteiger partial charge on any atom is -0.478 e. The van der Waals surface area contributed by atoms with Gasteiger partial charge < -0.3 is 15.1 Å². The van der Waals surface area contributed by atoms with Crippen molar-refractivity contribution in [2.45, 2.75) is 25.4 Å². The largest absolute Gasteiger partial charge is 0.478 e. The molecule has 1 aliphatic heterocycles. The normalized spacial score (nSPS) is 17.4. The predicted octanol–water partition coefficient (Wildman–Crippen LogP) is 1.79. The van der Waals surface area contributed by atoms with Crippen molar-refractivity contribution < 1.29 is 19.8 Å². The van der Waals surface area contributed by atoms with Crippen molar-refractivity contribution in [2.24, 2.45) is 0 Å². The van der Waals surface area contributed by atoms with E-state index in [2.05, 4.69) is 0 Å². The fourth-order valence-corrected chi connectivity index (χ4v) is 2.44. The molecule has 2 amide bonds. The maximum absolute atomic E-state index is 12.5. The lowest BCUT2D eigenvalue weighted by Crippen LogP contribution is -2.49. The number of hydrogen-bond donors (Lipinski definition) is 2. The number of likely N-dealkylation sites (tertiary alicyclic amines) is 1. The molecule has 0 atom stereocenters. The molecule has 1 aromatic rings. The Morgan fingerprint density at radius 3 is 2.38 bits per heavy atom. The quantitative estimate of drug-likeness (QED) is 0.870. The second kappa shape index (κ2) is 5.73. The lowest BCUT2D eigenvalue weighted by molar-refractivity contribution is 0.00515. The molecule has 0 radical (unpaired) electrons. The van der Waals surface area contributed by atoms with E-state index in [1.54, 1.807) is 37.1 Å². The number of aromatic carboxylic acids is 1. The third-order valence-corrected chi connectivity index (χ3v) is 3.89. The summed E-state index contributed by atoms with van der Waals surface area (Å²) in [5.41, 5.74) is -0.265. The average Bonchev–Trinajstić information content (AvgIpc) is 2.45. The minimum atomic E-state index is -1.06. The molecule has 0 unspecified atom stereocenters. The van der Waals surface area contributed by atoms with Gasteiger partial charge in [-0.1, -0.05) is 12.1 Å². The molecule has 6 heteroatoms. The first-order valence-electron chi connectivity index (χ1n) is 6.89. The van der Waals surface area contributed by atoms with Gasteiger partial charge in [0, 0.05) is 20.1 Å². The third-order valence-electron chi connectivity index (χ3n) is 3.89. The van der Waals surface area contributed by atoms with E-state index in [-0.39, 0.29) is 11.6 Å². The minimum absolute atomic E-state index is 0.0948. The van der Waals surface area contributed by atoms with E-state index >= 15 is 0 Å². The summed E-state index contributed by atoms with van der Waals surface area (Å²) in [5.74, 6) is -1.06. The summed E-state index contributed by atoms with van der Waals surface area (Å²) in [5, 5.41) is 19.1. The van der Waals surface area contributed by atoms with Crippen molar-refractivity contribution in [2.75, 3.05) is 25.0 Å². The van der Waals surface area contributed by atoms with E-state index in [1.807, 2.05) is 0 Å². The molecule has 2 rings (SSSR count). The number of nitrogens with zero attached hydrogens (tertiary/aromatic N) is 2. The zero-order valence-electron chi connectivity index (χ0n) is 12.2. The molecule has 1 aromatic carbocycles. The Morgan fingerprint density at radius 1 is 1.24 bits per heavy atom. The monoisotopic (exact) mass is 292 g/mol. The molecular weight excluding hydrogens is 272 g/mol. The highest BCUT2D eigenvalue weighted by Crippen LogP contribution is 2.24. The van der Waals surface area contributed by atoms with Crippen LogP contribution < -0.4 is 4.90 Å². The van der Waals surface area contributed by atoms with Gasteiger partial charge in [0.05, 0.1) is 16.9 Å². The van der Waals surface area contributed by atoms with Gasteiger partial charge >= 0.3 is 12.0 Å². The van der Waals surface area contributed by atoms with Gasteiger partial charge in [0.2, 0.25) is 0 Å². The van der Waals surface area contributed by atoms with Crippen LogP contribution in [0.3, 0.4) is 0 Å². The molecule has 21 heavy (non-hydrogen) atoms. The Bertz CT molecular complexity index is 546. The maximum Gasteiger partial charge on any atom is 0.337 e. The van der Waals surface area contributed by atoms with Gasteiger partial charge in [-0.15, -0.1) is 0 Å². The number of urea groups is 1. The van der Waals surface area contributed by atoms with Crippen LogP contribution in [-0.4, -0.2) is 52.9 Å². The number of hydrogen-bond acceptors (Lipinski definition) is 3. The van der Waals surface area contributed by atoms with E-state index in [4.69, 9.17) is 0 Å². The molecule has 114 valence electrons. The topological polar surface area (TPSA) is 81.1 Å². The second-order valence-electron chi connectivity index (χ2n) is 5.65. The molecular formula is C15H20N2O4. The number of carboxylic acids is 1. The summed E-state index contributed by atoms with van der Waals surface area (Å²) in [6.45, 7) is 2.69. The van der Waals surface area contributed by atoms with Crippen LogP contribution in [0.2, 0.25) is 0 Å². The lowest BCUT2D eigenvalue weighted by Gasteiger charge is -2.37. The number of piperidine rings is 1. The summed E-state index contributed by atoms with van der Waals surface area (Å²) in [7, 11) is 1.57. The molecule has 1 saturated heterocycles. The first-order valence-corrected chi connectivity index (χ1v) is 6.89.